The molecule has 0 aliphatic heterocycles. The first-order valence-corrected chi connectivity index (χ1v) is 12.1. The third-order valence-electron chi connectivity index (χ3n) is 5.06. The lowest BCUT2D eigenvalue weighted by molar-refractivity contribution is -0.113. The summed E-state index contributed by atoms with van der Waals surface area (Å²) in [5.74, 6) is 0.757. The molecule has 1 aromatic heterocycles. The first kappa shape index (κ1) is 24.8. The highest BCUT2D eigenvalue weighted by molar-refractivity contribution is 7.99. The molecular weight excluding hydrogens is 458 g/mol. The molecule has 2 aromatic carbocycles. The van der Waals surface area contributed by atoms with Crippen molar-refractivity contribution < 1.29 is 9.59 Å². The predicted octanol–water partition coefficient (Wildman–Crippen LogP) is 5.02. The Bertz CT molecular complexity index is 1130. The second-order valence-corrected chi connectivity index (χ2v) is 9.54. The molecule has 174 valence electrons. The third-order valence-corrected chi connectivity index (χ3v) is 6.41. The summed E-state index contributed by atoms with van der Waals surface area (Å²) in [5, 5.41) is 15.5. The fourth-order valence-electron chi connectivity index (χ4n) is 3.37. The van der Waals surface area contributed by atoms with Gasteiger partial charge in [-0.15, -0.1) is 10.2 Å². The van der Waals surface area contributed by atoms with Crippen LogP contribution in [0.1, 0.15) is 48.1 Å². The van der Waals surface area contributed by atoms with E-state index < -0.39 is 0 Å². The van der Waals surface area contributed by atoms with Crippen molar-refractivity contribution in [2.75, 3.05) is 11.1 Å². The van der Waals surface area contributed by atoms with Gasteiger partial charge in [-0.2, -0.15) is 0 Å². The number of halogens is 1. The Labute approximate surface area is 203 Å². The Morgan fingerprint density at radius 2 is 1.79 bits per heavy atom. The predicted molar refractivity (Wildman–Crippen MR) is 133 cm³/mol. The van der Waals surface area contributed by atoms with E-state index in [0.717, 1.165) is 11.3 Å². The molecule has 0 saturated carbocycles. The van der Waals surface area contributed by atoms with E-state index in [1.54, 1.807) is 24.3 Å². The normalized spacial score (nSPS) is 11.9. The van der Waals surface area contributed by atoms with Gasteiger partial charge < -0.3 is 15.2 Å². The average Bonchev–Trinajstić information content (AvgIpc) is 3.13. The number of nitrogens with one attached hydrogen (secondary N) is 2. The third kappa shape index (κ3) is 6.58. The Morgan fingerprint density at radius 1 is 1.09 bits per heavy atom. The van der Waals surface area contributed by atoms with Crippen LogP contribution in [0.15, 0.2) is 53.7 Å². The van der Waals surface area contributed by atoms with E-state index in [9.17, 15) is 9.59 Å². The zero-order valence-electron chi connectivity index (χ0n) is 19.1. The van der Waals surface area contributed by atoms with Crippen LogP contribution in [0.25, 0.3) is 0 Å². The van der Waals surface area contributed by atoms with Gasteiger partial charge >= 0.3 is 0 Å². The van der Waals surface area contributed by atoms with E-state index in [1.807, 2.05) is 42.8 Å². The summed E-state index contributed by atoms with van der Waals surface area (Å²) >= 11 is 7.49. The van der Waals surface area contributed by atoms with Crippen LogP contribution in [-0.2, 0) is 11.8 Å². The topological polar surface area (TPSA) is 88.9 Å². The molecule has 0 aliphatic carbocycles. The van der Waals surface area contributed by atoms with Crippen LogP contribution in [0, 0.1) is 12.8 Å². The minimum absolute atomic E-state index is 0.121. The second kappa shape index (κ2) is 11.3. The SMILES string of the molecule is Cc1ccccc1NC(=O)CSc1nnc([C@@H](CC(C)C)NC(=O)c2ccccc2Cl)n1C. The Morgan fingerprint density at radius 3 is 2.48 bits per heavy atom. The van der Waals surface area contributed by atoms with Gasteiger partial charge in [0.05, 0.1) is 22.4 Å². The van der Waals surface area contributed by atoms with Gasteiger partial charge in [0.15, 0.2) is 11.0 Å². The van der Waals surface area contributed by atoms with Gasteiger partial charge in [-0.3, -0.25) is 9.59 Å². The summed E-state index contributed by atoms with van der Waals surface area (Å²) in [7, 11) is 1.84. The van der Waals surface area contributed by atoms with Gasteiger partial charge in [-0.1, -0.05) is 67.5 Å². The van der Waals surface area contributed by atoms with Crippen molar-refractivity contribution in [1.29, 1.82) is 0 Å². The smallest absolute Gasteiger partial charge is 0.253 e. The zero-order chi connectivity index (χ0) is 24.0. The standard InChI is InChI=1S/C24H28ClN5O2S/c1-15(2)13-20(27-23(32)17-10-6-7-11-18(17)25)22-28-29-24(30(22)4)33-14-21(31)26-19-12-8-5-9-16(19)3/h5-12,15,20H,13-14H2,1-4H3,(H,26,31)(H,27,32)/t20-/m1/s1. The lowest BCUT2D eigenvalue weighted by Gasteiger charge is -2.20. The van der Waals surface area contributed by atoms with Gasteiger partial charge in [0.1, 0.15) is 0 Å². The summed E-state index contributed by atoms with van der Waals surface area (Å²) in [6.07, 6.45) is 0.681. The molecule has 33 heavy (non-hydrogen) atoms. The van der Waals surface area contributed by atoms with E-state index in [4.69, 9.17) is 11.6 Å². The maximum Gasteiger partial charge on any atom is 0.253 e. The molecule has 3 rings (SSSR count). The molecule has 9 heteroatoms. The Balaban J connectivity index is 1.70. The molecule has 2 N–H and O–H groups in total. The molecular formula is C24H28ClN5O2S. The number of para-hydroxylation sites is 1. The summed E-state index contributed by atoms with van der Waals surface area (Å²) in [6.45, 7) is 6.11. The number of rotatable bonds is 9. The van der Waals surface area contributed by atoms with Gasteiger partial charge in [-0.25, -0.2) is 0 Å². The summed E-state index contributed by atoms with van der Waals surface area (Å²) < 4.78 is 1.83. The van der Waals surface area contributed by atoms with E-state index in [2.05, 4.69) is 34.7 Å². The summed E-state index contributed by atoms with van der Waals surface area (Å²) in [5.41, 5.74) is 2.21. The molecule has 3 aromatic rings. The van der Waals surface area contributed by atoms with Crippen LogP contribution in [-0.4, -0.2) is 32.3 Å². The minimum atomic E-state index is -0.346. The molecule has 0 unspecified atom stereocenters. The molecule has 0 bridgehead atoms. The van der Waals surface area contributed by atoms with Crippen LogP contribution in [0.3, 0.4) is 0 Å². The number of nitrogens with zero attached hydrogens (tertiary/aromatic N) is 3. The van der Waals surface area contributed by atoms with Gasteiger partial charge in [-0.05, 0) is 43.0 Å². The number of carbonyl (C=O) groups is 2. The number of hydrogen-bond acceptors (Lipinski definition) is 5. The number of aryl methyl sites for hydroxylation is 1. The molecule has 1 heterocycles. The quantitative estimate of drug-likeness (QED) is 0.415. The number of anilines is 1. The number of aromatic nitrogens is 3. The number of carbonyl (C=O) groups excluding carboxylic acids is 2. The van der Waals surface area contributed by atoms with Gasteiger partial charge in [0, 0.05) is 12.7 Å². The fourth-order valence-corrected chi connectivity index (χ4v) is 4.31. The van der Waals surface area contributed by atoms with Gasteiger partial charge in [0.25, 0.3) is 5.91 Å². The van der Waals surface area contributed by atoms with Crippen molar-refractivity contribution in [3.8, 4) is 0 Å². The van der Waals surface area contributed by atoms with Crippen LogP contribution in [0.2, 0.25) is 5.02 Å². The van der Waals surface area contributed by atoms with Crippen molar-refractivity contribution in [1.82, 2.24) is 20.1 Å². The van der Waals surface area contributed by atoms with E-state index >= 15 is 0 Å². The molecule has 0 fully saturated rings. The second-order valence-electron chi connectivity index (χ2n) is 8.19. The number of thioether (sulfide) groups is 1. The Hall–Kier alpha value is -2.84. The fraction of sp³-hybridized carbons (Fsp3) is 0.333. The lowest BCUT2D eigenvalue weighted by Crippen LogP contribution is -2.31. The zero-order valence-corrected chi connectivity index (χ0v) is 20.7. The number of benzene rings is 2. The van der Waals surface area contributed by atoms with Crippen LogP contribution in [0.5, 0.6) is 0 Å². The van der Waals surface area contributed by atoms with Crippen molar-refractivity contribution in [2.24, 2.45) is 13.0 Å². The van der Waals surface area contributed by atoms with Crippen LogP contribution >= 0.6 is 23.4 Å². The molecule has 0 radical (unpaired) electrons. The van der Waals surface area contributed by atoms with Crippen LogP contribution in [0.4, 0.5) is 5.69 Å². The van der Waals surface area contributed by atoms with E-state index in [1.165, 1.54) is 11.8 Å². The number of hydrogen-bond donors (Lipinski definition) is 2. The van der Waals surface area contributed by atoms with Crippen molar-refractivity contribution in [3.63, 3.8) is 0 Å². The molecule has 0 spiro atoms. The highest BCUT2D eigenvalue weighted by Gasteiger charge is 2.24. The molecule has 0 aliphatic rings. The maximum atomic E-state index is 12.9. The van der Waals surface area contributed by atoms with Gasteiger partial charge in [0.2, 0.25) is 5.91 Å². The monoisotopic (exact) mass is 485 g/mol. The van der Waals surface area contributed by atoms with Crippen molar-refractivity contribution in [3.05, 3.63) is 70.5 Å². The lowest BCUT2D eigenvalue weighted by atomic mass is 10.0. The molecule has 0 saturated heterocycles. The largest absolute Gasteiger partial charge is 0.342 e. The first-order chi connectivity index (χ1) is 15.8. The average molecular weight is 486 g/mol. The molecule has 2 amide bonds. The van der Waals surface area contributed by atoms with E-state index in [0.29, 0.717) is 33.9 Å². The van der Waals surface area contributed by atoms with Crippen molar-refractivity contribution in [2.45, 2.75) is 38.4 Å². The van der Waals surface area contributed by atoms with Crippen LogP contribution < -0.4 is 10.6 Å². The highest BCUT2D eigenvalue weighted by atomic mass is 35.5. The highest BCUT2D eigenvalue weighted by Crippen LogP contribution is 2.25. The summed E-state index contributed by atoms with van der Waals surface area (Å²) in [6, 6.07) is 14.2. The maximum absolute atomic E-state index is 12.9. The number of amides is 2. The first-order valence-electron chi connectivity index (χ1n) is 10.7. The Kier molecular flexibility index (Phi) is 8.52. The van der Waals surface area contributed by atoms with Crippen molar-refractivity contribution >= 4 is 40.9 Å². The molecule has 7 nitrogen and oxygen atoms in total. The van der Waals surface area contributed by atoms with E-state index in [-0.39, 0.29) is 23.6 Å². The molecule has 1 atom stereocenters. The minimum Gasteiger partial charge on any atom is -0.342 e. The summed E-state index contributed by atoms with van der Waals surface area (Å²) in [4.78, 5) is 25.3.